The zero-order valence-corrected chi connectivity index (χ0v) is 10.6. The molecule has 0 aromatic carbocycles. The summed E-state index contributed by atoms with van der Waals surface area (Å²) in [5.74, 6) is 0. The molecule has 1 saturated heterocycles. The molecular formula is C14H26O2. The van der Waals surface area contributed by atoms with Gasteiger partial charge in [-0.1, -0.05) is 26.2 Å². The second kappa shape index (κ2) is 5.50. The minimum absolute atomic E-state index is 0.119. The Kier molecular flexibility index (Phi) is 4.26. The van der Waals surface area contributed by atoms with Gasteiger partial charge < -0.3 is 9.84 Å². The normalized spacial score (nSPS) is 30.8. The van der Waals surface area contributed by atoms with Gasteiger partial charge in [-0.25, -0.2) is 0 Å². The van der Waals surface area contributed by atoms with E-state index in [2.05, 4.69) is 0 Å². The van der Waals surface area contributed by atoms with Crippen LogP contribution in [0.3, 0.4) is 0 Å². The molecule has 0 amide bonds. The van der Waals surface area contributed by atoms with E-state index in [4.69, 9.17) is 4.74 Å². The van der Waals surface area contributed by atoms with Crippen molar-refractivity contribution in [1.29, 1.82) is 0 Å². The van der Waals surface area contributed by atoms with Gasteiger partial charge in [-0.2, -0.15) is 0 Å². The van der Waals surface area contributed by atoms with Crippen LogP contribution >= 0.6 is 0 Å². The van der Waals surface area contributed by atoms with Crippen molar-refractivity contribution in [3.8, 4) is 0 Å². The first-order valence-corrected chi connectivity index (χ1v) is 7.10. The lowest BCUT2D eigenvalue weighted by atomic mass is 9.83. The van der Waals surface area contributed by atoms with E-state index in [0.29, 0.717) is 6.10 Å². The molecular weight excluding hydrogens is 200 g/mol. The predicted molar refractivity (Wildman–Crippen MR) is 65.5 cm³/mol. The Balaban J connectivity index is 1.74. The molecule has 1 N–H and O–H groups in total. The number of ether oxygens (including phenoxy) is 1. The van der Waals surface area contributed by atoms with Crippen LogP contribution in [0.25, 0.3) is 0 Å². The molecule has 0 bridgehead atoms. The number of aliphatic hydroxyl groups is 1. The Morgan fingerprint density at radius 3 is 2.69 bits per heavy atom. The van der Waals surface area contributed by atoms with Crippen LogP contribution in [0.5, 0.6) is 0 Å². The molecule has 1 aliphatic heterocycles. The monoisotopic (exact) mass is 226 g/mol. The van der Waals surface area contributed by atoms with E-state index in [9.17, 15) is 5.11 Å². The summed E-state index contributed by atoms with van der Waals surface area (Å²) in [5, 5.41) is 9.56. The lowest BCUT2D eigenvalue weighted by Gasteiger charge is -2.33. The Morgan fingerprint density at radius 1 is 1.25 bits per heavy atom. The second-order valence-electron chi connectivity index (χ2n) is 5.66. The van der Waals surface area contributed by atoms with E-state index in [0.717, 1.165) is 19.3 Å². The fourth-order valence-electron chi connectivity index (χ4n) is 3.25. The molecule has 1 aliphatic carbocycles. The first-order valence-electron chi connectivity index (χ1n) is 7.10. The molecule has 2 atom stereocenters. The van der Waals surface area contributed by atoms with Crippen LogP contribution in [0.2, 0.25) is 0 Å². The van der Waals surface area contributed by atoms with Crippen LogP contribution in [-0.2, 0) is 4.74 Å². The van der Waals surface area contributed by atoms with Gasteiger partial charge in [0.1, 0.15) is 0 Å². The molecule has 2 rings (SSSR count). The van der Waals surface area contributed by atoms with Crippen LogP contribution < -0.4 is 0 Å². The van der Waals surface area contributed by atoms with Gasteiger partial charge in [-0.05, 0) is 44.9 Å². The summed E-state index contributed by atoms with van der Waals surface area (Å²) in [4.78, 5) is 0. The Hall–Kier alpha value is -0.0800. The van der Waals surface area contributed by atoms with Crippen molar-refractivity contribution in [1.82, 2.24) is 0 Å². The molecule has 0 aromatic heterocycles. The average molecular weight is 226 g/mol. The Bertz CT molecular complexity index is 209. The summed E-state index contributed by atoms with van der Waals surface area (Å²) >= 11 is 0. The SMILES string of the molecule is CCC(O)CCC1CCC2(CCCCC2)O1. The standard InChI is InChI=1S/C14H26O2/c1-2-12(15)6-7-13-8-11-14(16-13)9-4-3-5-10-14/h12-13,15H,2-11H2,1H3. The van der Waals surface area contributed by atoms with Crippen LogP contribution in [0.15, 0.2) is 0 Å². The minimum atomic E-state index is -0.119. The van der Waals surface area contributed by atoms with E-state index in [1.165, 1.54) is 44.9 Å². The molecule has 94 valence electrons. The lowest BCUT2D eigenvalue weighted by molar-refractivity contribution is -0.0684. The van der Waals surface area contributed by atoms with Crippen molar-refractivity contribution in [3.05, 3.63) is 0 Å². The van der Waals surface area contributed by atoms with Gasteiger partial charge in [0.25, 0.3) is 0 Å². The summed E-state index contributed by atoms with van der Waals surface area (Å²) in [6, 6.07) is 0. The highest BCUT2D eigenvalue weighted by atomic mass is 16.5. The van der Waals surface area contributed by atoms with Gasteiger partial charge in [0, 0.05) is 0 Å². The van der Waals surface area contributed by atoms with Crippen LogP contribution in [0, 0.1) is 0 Å². The maximum absolute atomic E-state index is 9.56. The van der Waals surface area contributed by atoms with Gasteiger partial charge in [0.05, 0.1) is 17.8 Å². The quantitative estimate of drug-likeness (QED) is 0.796. The van der Waals surface area contributed by atoms with Gasteiger partial charge in [0.2, 0.25) is 0 Å². The van der Waals surface area contributed by atoms with Gasteiger partial charge in [0.15, 0.2) is 0 Å². The van der Waals surface area contributed by atoms with E-state index in [1.807, 2.05) is 6.92 Å². The van der Waals surface area contributed by atoms with Gasteiger partial charge >= 0.3 is 0 Å². The predicted octanol–water partition coefficient (Wildman–Crippen LogP) is 3.42. The van der Waals surface area contributed by atoms with Crippen molar-refractivity contribution in [3.63, 3.8) is 0 Å². The molecule has 1 saturated carbocycles. The maximum atomic E-state index is 9.56. The summed E-state index contributed by atoms with van der Waals surface area (Å²) in [6.45, 7) is 2.04. The minimum Gasteiger partial charge on any atom is -0.393 e. The zero-order valence-electron chi connectivity index (χ0n) is 10.6. The highest BCUT2D eigenvalue weighted by Gasteiger charge is 2.40. The largest absolute Gasteiger partial charge is 0.393 e. The van der Waals surface area contributed by atoms with Crippen molar-refractivity contribution in [2.45, 2.75) is 88.9 Å². The molecule has 2 fully saturated rings. The van der Waals surface area contributed by atoms with Gasteiger partial charge in [-0.15, -0.1) is 0 Å². The Morgan fingerprint density at radius 2 is 2.00 bits per heavy atom. The zero-order chi connectivity index (χ0) is 11.4. The number of hydrogen-bond acceptors (Lipinski definition) is 2. The molecule has 2 heteroatoms. The maximum Gasteiger partial charge on any atom is 0.0687 e. The highest BCUT2D eigenvalue weighted by molar-refractivity contribution is 4.91. The van der Waals surface area contributed by atoms with E-state index >= 15 is 0 Å². The van der Waals surface area contributed by atoms with Gasteiger partial charge in [-0.3, -0.25) is 0 Å². The molecule has 1 heterocycles. The summed E-state index contributed by atoms with van der Waals surface area (Å²) in [5.41, 5.74) is 0.250. The average Bonchev–Trinajstić information content (AvgIpc) is 2.70. The first kappa shape index (κ1) is 12.4. The number of rotatable bonds is 4. The first-order chi connectivity index (χ1) is 7.74. The van der Waals surface area contributed by atoms with Crippen molar-refractivity contribution in [2.24, 2.45) is 0 Å². The second-order valence-corrected chi connectivity index (χ2v) is 5.66. The van der Waals surface area contributed by atoms with E-state index < -0.39 is 0 Å². The summed E-state index contributed by atoms with van der Waals surface area (Å²) < 4.78 is 6.27. The molecule has 1 spiro atoms. The third kappa shape index (κ3) is 2.98. The highest BCUT2D eigenvalue weighted by Crippen LogP contribution is 2.42. The number of hydrogen-bond donors (Lipinski definition) is 1. The topological polar surface area (TPSA) is 29.5 Å². The smallest absolute Gasteiger partial charge is 0.0687 e. The lowest BCUT2D eigenvalue weighted by Crippen LogP contribution is -2.31. The van der Waals surface area contributed by atoms with E-state index in [1.54, 1.807) is 0 Å². The summed E-state index contributed by atoms with van der Waals surface area (Å²) in [6.07, 6.45) is 12.3. The molecule has 2 nitrogen and oxygen atoms in total. The molecule has 16 heavy (non-hydrogen) atoms. The number of aliphatic hydroxyl groups excluding tert-OH is 1. The van der Waals surface area contributed by atoms with Crippen LogP contribution in [-0.4, -0.2) is 22.9 Å². The molecule has 2 unspecified atom stereocenters. The third-order valence-electron chi connectivity index (χ3n) is 4.40. The molecule has 2 aliphatic rings. The summed E-state index contributed by atoms with van der Waals surface area (Å²) in [7, 11) is 0. The van der Waals surface area contributed by atoms with E-state index in [-0.39, 0.29) is 11.7 Å². The van der Waals surface area contributed by atoms with Crippen molar-refractivity contribution < 1.29 is 9.84 Å². The van der Waals surface area contributed by atoms with Crippen molar-refractivity contribution in [2.75, 3.05) is 0 Å². The Labute approximate surface area is 99.4 Å². The third-order valence-corrected chi connectivity index (χ3v) is 4.40. The van der Waals surface area contributed by atoms with Crippen LogP contribution in [0.1, 0.15) is 71.1 Å². The molecule has 0 radical (unpaired) electrons. The van der Waals surface area contributed by atoms with Crippen LogP contribution in [0.4, 0.5) is 0 Å². The molecule has 0 aromatic rings. The fraction of sp³-hybridized carbons (Fsp3) is 1.00. The van der Waals surface area contributed by atoms with Crippen molar-refractivity contribution >= 4 is 0 Å². The fourth-order valence-corrected chi connectivity index (χ4v) is 3.25.